The molecule has 1 fully saturated rings. The third-order valence-corrected chi connectivity index (χ3v) is 4.24. The minimum atomic E-state index is 0.579. The summed E-state index contributed by atoms with van der Waals surface area (Å²) < 4.78 is 0. The molecule has 0 unspecified atom stereocenters. The van der Waals surface area contributed by atoms with Crippen molar-refractivity contribution < 1.29 is 0 Å². The van der Waals surface area contributed by atoms with Gasteiger partial charge in [-0.25, -0.2) is 0 Å². The Kier molecular flexibility index (Phi) is 5.85. The van der Waals surface area contributed by atoms with Crippen molar-refractivity contribution >= 4 is 11.6 Å². The van der Waals surface area contributed by atoms with Crippen molar-refractivity contribution in [2.75, 3.05) is 19.6 Å². The van der Waals surface area contributed by atoms with Crippen LogP contribution in [-0.4, -0.2) is 30.6 Å². The molecule has 0 radical (unpaired) electrons. The van der Waals surface area contributed by atoms with Crippen LogP contribution in [0.2, 0.25) is 5.02 Å². The summed E-state index contributed by atoms with van der Waals surface area (Å²) in [6.45, 7) is 6.60. The summed E-state index contributed by atoms with van der Waals surface area (Å²) in [6.07, 6.45) is 3.64. The predicted molar refractivity (Wildman–Crippen MR) is 82.8 cm³/mol. The van der Waals surface area contributed by atoms with E-state index in [0.717, 1.165) is 12.1 Å². The van der Waals surface area contributed by atoms with Crippen molar-refractivity contribution in [1.82, 2.24) is 10.2 Å². The van der Waals surface area contributed by atoms with Gasteiger partial charge in [0, 0.05) is 17.6 Å². The molecule has 1 saturated heterocycles. The Hall–Kier alpha value is -1.08. The highest BCUT2D eigenvalue weighted by Crippen LogP contribution is 2.18. The van der Waals surface area contributed by atoms with E-state index in [2.05, 4.69) is 23.2 Å². The van der Waals surface area contributed by atoms with E-state index in [1.165, 1.54) is 38.9 Å². The van der Waals surface area contributed by atoms with Crippen LogP contribution in [-0.2, 0) is 6.54 Å². The summed E-state index contributed by atoms with van der Waals surface area (Å²) >= 11 is 6.19. The van der Waals surface area contributed by atoms with Crippen LogP contribution < -0.4 is 5.32 Å². The second-order valence-corrected chi connectivity index (χ2v) is 5.82. The van der Waals surface area contributed by atoms with Crippen molar-refractivity contribution in [2.45, 2.75) is 38.8 Å². The average molecular weight is 292 g/mol. The van der Waals surface area contributed by atoms with Crippen LogP contribution in [0.4, 0.5) is 0 Å². The fourth-order valence-corrected chi connectivity index (χ4v) is 2.94. The van der Waals surface area contributed by atoms with Gasteiger partial charge in [-0.15, -0.1) is 0 Å². The molecule has 0 atom stereocenters. The first kappa shape index (κ1) is 15.3. The average Bonchev–Trinajstić information content (AvgIpc) is 2.48. The van der Waals surface area contributed by atoms with Crippen molar-refractivity contribution in [3.05, 3.63) is 34.3 Å². The third kappa shape index (κ3) is 4.21. The molecule has 4 heteroatoms. The van der Waals surface area contributed by atoms with Gasteiger partial charge in [0.15, 0.2) is 0 Å². The van der Waals surface area contributed by atoms with Gasteiger partial charge in [0.2, 0.25) is 0 Å². The normalized spacial score (nSPS) is 17.1. The number of likely N-dealkylation sites (tertiary alicyclic amines) is 1. The molecule has 0 spiro atoms. The minimum absolute atomic E-state index is 0.579. The van der Waals surface area contributed by atoms with E-state index < -0.39 is 0 Å². The summed E-state index contributed by atoms with van der Waals surface area (Å²) in [5, 5.41) is 13.1. The summed E-state index contributed by atoms with van der Waals surface area (Å²) in [4.78, 5) is 2.53. The summed E-state index contributed by atoms with van der Waals surface area (Å²) in [5.41, 5.74) is 1.69. The third-order valence-electron chi connectivity index (χ3n) is 3.89. The first-order chi connectivity index (χ1) is 9.72. The van der Waals surface area contributed by atoms with Gasteiger partial charge in [-0.1, -0.05) is 24.6 Å². The maximum atomic E-state index is 8.83. The lowest BCUT2D eigenvalue weighted by molar-refractivity contribution is 0.197. The molecule has 1 aromatic carbocycles. The molecule has 1 aliphatic heterocycles. The van der Waals surface area contributed by atoms with E-state index >= 15 is 0 Å². The van der Waals surface area contributed by atoms with Crippen molar-refractivity contribution in [1.29, 1.82) is 5.26 Å². The molecule has 1 aliphatic rings. The predicted octanol–water partition coefficient (Wildman–Crippen LogP) is 3.18. The van der Waals surface area contributed by atoms with E-state index in [1.54, 1.807) is 6.07 Å². The van der Waals surface area contributed by atoms with Crippen molar-refractivity contribution in [2.24, 2.45) is 0 Å². The molecular formula is C16H22ClN3. The SMILES string of the molecule is CCCN1CCC(NCc2ccc(C#N)cc2Cl)CC1. The van der Waals surface area contributed by atoms with Crippen LogP contribution in [0.5, 0.6) is 0 Å². The molecule has 0 amide bonds. The monoisotopic (exact) mass is 291 g/mol. The number of rotatable bonds is 5. The highest BCUT2D eigenvalue weighted by Gasteiger charge is 2.18. The lowest BCUT2D eigenvalue weighted by atomic mass is 10.0. The van der Waals surface area contributed by atoms with Crippen molar-refractivity contribution in [3.8, 4) is 6.07 Å². The molecule has 108 valence electrons. The Balaban J connectivity index is 1.80. The highest BCUT2D eigenvalue weighted by molar-refractivity contribution is 6.31. The summed E-state index contributed by atoms with van der Waals surface area (Å²) in [7, 11) is 0. The van der Waals surface area contributed by atoms with E-state index in [0.29, 0.717) is 16.6 Å². The zero-order valence-corrected chi connectivity index (χ0v) is 12.8. The van der Waals surface area contributed by atoms with Crippen LogP contribution >= 0.6 is 11.6 Å². The molecule has 1 aromatic rings. The summed E-state index contributed by atoms with van der Waals surface area (Å²) in [6, 6.07) is 8.19. The van der Waals surface area contributed by atoms with Crippen molar-refractivity contribution in [3.63, 3.8) is 0 Å². The molecule has 1 heterocycles. The van der Waals surface area contributed by atoms with Crippen LogP contribution in [0, 0.1) is 11.3 Å². The molecule has 20 heavy (non-hydrogen) atoms. The molecule has 3 nitrogen and oxygen atoms in total. The van der Waals surface area contributed by atoms with E-state index in [1.807, 2.05) is 12.1 Å². The fraction of sp³-hybridized carbons (Fsp3) is 0.562. The maximum Gasteiger partial charge on any atom is 0.0992 e. The molecule has 0 aliphatic carbocycles. The van der Waals surface area contributed by atoms with Crippen LogP contribution in [0.1, 0.15) is 37.3 Å². The maximum absolute atomic E-state index is 8.83. The van der Waals surface area contributed by atoms with E-state index in [9.17, 15) is 0 Å². The number of hydrogen-bond acceptors (Lipinski definition) is 3. The largest absolute Gasteiger partial charge is 0.310 e. The first-order valence-electron chi connectivity index (χ1n) is 7.37. The second kappa shape index (κ2) is 7.64. The van der Waals surface area contributed by atoms with Crippen LogP contribution in [0.15, 0.2) is 18.2 Å². The number of nitrogens with one attached hydrogen (secondary N) is 1. The molecule has 2 rings (SSSR count). The highest BCUT2D eigenvalue weighted by atomic mass is 35.5. The smallest absolute Gasteiger partial charge is 0.0992 e. The van der Waals surface area contributed by atoms with E-state index in [4.69, 9.17) is 16.9 Å². The number of nitriles is 1. The van der Waals surface area contributed by atoms with Crippen LogP contribution in [0.3, 0.4) is 0 Å². The van der Waals surface area contributed by atoms with Gasteiger partial charge in [-0.05, 0) is 56.6 Å². The molecular weight excluding hydrogens is 270 g/mol. The number of piperidine rings is 1. The lowest BCUT2D eigenvalue weighted by Gasteiger charge is -2.32. The van der Waals surface area contributed by atoms with Crippen LogP contribution in [0.25, 0.3) is 0 Å². The van der Waals surface area contributed by atoms with E-state index in [-0.39, 0.29) is 0 Å². The standard InChI is InChI=1S/C16H22ClN3/c1-2-7-20-8-5-15(6-9-20)19-12-14-4-3-13(11-18)10-16(14)17/h3-4,10,15,19H,2,5-9,12H2,1H3. The Bertz CT molecular complexity index is 473. The molecule has 1 N–H and O–H groups in total. The molecule has 0 aromatic heterocycles. The van der Waals surface area contributed by atoms with Gasteiger partial charge >= 0.3 is 0 Å². The van der Waals surface area contributed by atoms with Gasteiger partial charge in [-0.3, -0.25) is 0 Å². The topological polar surface area (TPSA) is 39.1 Å². The molecule has 0 saturated carbocycles. The zero-order chi connectivity index (χ0) is 14.4. The Morgan fingerprint density at radius 2 is 2.15 bits per heavy atom. The molecule has 0 bridgehead atoms. The van der Waals surface area contributed by atoms with Gasteiger partial charge in [0.05, 0.1) is 11.6 Å². The quantitative estimate of drug-likeness (QED) is 0.906. The minimum Gasteiger partial charge on any atom is -0.310 e. The number of hydrogen-bond donors (Lipinski definition) is 1. The van der Waals surface area contributed by atoms with Gasteiger partial charge in [0.1, 0.15) is 0 Å². The lowest BCUT2D eigenvalue weighted by Crippen LogP contribution is -2.42. The zero-order valence-electron chi connectivity index (χ0n) is 12.0. The number of nitrogens with zero attached hydrogens (tertiary/aromatic N) is 2. The second-order valence-electron chi connectivity index (χ2n) is 5.41. The Morgan fingerprint density at radius 3 is 2.75 bits per heavy atom. The van der Waals surface area contributed by atoms with Gasteiger partial charge in [0.25, 0.3) is 0 Å². The van der Waals surface area contributed by atoms with Gasteiger partial charge < -0.3 is 10.2 Å². The number of halogens is 1. The Morgan fingerprint density at radius 1 is 1.40 bits per heavy atom. The van der Waals surface area contributed by atoms with Gasteiger partial charge in [-0.2, -0.15) is 5.26 Å². The fourth-order valence-electron chi connectivity index (χ4n) is 2.69. The summed E-state index contributed by atoms with van der Waals surface area (Å²) in [5.74, 6) is 0. The first-order valence-corrected chi connectivity index (χ1v) is 7.75. The Labute approximate surface area is 126 Å². The number of benzene rings is 1.